The number of nitrogens with two attached hydrogens (primary N) is 1. The molecule has 0 unspecified atom stereocenters. The first-order chi connectivity index (χ1) is 9.20. The summed E-state index contributed by atoms with van der Waals surface area (Å²) in [6.07, 6.45) is 0.950. The van der Waals surface area contributed by atoms with E-state index in [0.717, 1.165) is 12.2 Å². The maximum atomic E-state index is 6.15. The summed E-state index contributed by atoms with van der Waals surface area (Å²) in [5, 5.41) is 0. The molecule has 0 aromatic heterocycles. The van der Waals surface area contributed by atoms with Gasteiger partial charge in [0.25, 0.3) is 0 Å². The Morgan fingerprint density at radius 1 is 1.00 bits per heavy atom. The molecule has 2 N–H and O–H groups in total. The fraction of sp³-hybridized carbons (Fsp3) is 0.294. The van der Waals surface area contributed by atoms with E-state index >= 15 is 0 Å². The zero-order valence-corrected chi connectivity index (χ0v) is 11.5. The van der Waals surface area contributed by atoms with Gasteiger partial charge in [0.1, 0.15) is 5.75 Å². The molecule has 100 valence electrons. The van der Waals surface area contributed by atoms with Gasteiger partial charge in [-0.1, -0.05) is 42.5 Å². The van der Waals surface area contributed by atoms with Crippen LogP contribution in [0.15, 0.2) is 54.6 Å². The average molecular weight is 255 g/mol. The molecule has 0 radical (unpaired) electrons. The SMILES string of the molecule is COc1ccc(C[C@@H](c2ccccc2)[C@H](C)N)cc1. The van der Waals surface area contributed by atoms with Crippen molar-refractivity contribution in [2.24, 2.45) is 5.73 Å². The van der Waals surface area contributed by atoms with Crippen molar-refractivity contribution >= 4 is 0 Å². The van der Waals surface area contributed by atoms with Crippen LogP contribution >= 0.6 is 0 Å². The number of hydrogen-bond donors (Lipinski definition) is 1. The summed E-state index contributed by atoms with van der Waals surface area (Å²) in [4.78, 5) is 0. The van der Waals surface area contributed by atoms with Crippen LogP contribution in [0.1, 0.15) is 24.0 Å². The van der Waals surface area contributed by atoms with E-state index in [4.69, 9.17) is 10.5 Å². The Kier molecular flexibility index (Phi) is 4.58. The first-order valence-electron chi connectivity index (χ1n) is 6.64. The molecule has 2 aromatic rings. The lowest BCUT2D eigenvalue weighted by Gasteiger charge is -2.21. The third-order valence-electron chi connectivity index (χ3n) is 3.48. The van der Waals surface area contributed by atoms with Crippen molar-refractivity contribution in [3.8, 4) is 5.75 Å². The Morgan fingerprint density at radius 2 is 1.63 bits per heavy atom. The molecule has 2 aromatic carbocycles. The van der Waals surface area contributed by atoms with Gasteiger partial charge in [-0.3, -0.25) is 0 Å². The molecule has 0 saturated heterocycles. The number of benzene rings is 2. The molecule has 0 amide bonds. The van der Waals surface area contributed by atoms with Crippen molar-refractivity contribution < 1.29 is 4.74 Å². The van der Waals surface area contributed by atoms with Gasteiger partial charge < -0.3 is 10.5 Å². The van der Waals surface area contributed by atoms with Crippen molar-refractivity contribution in [2.75, 3.05) is 7.11 Å². The van der Waals surface area contributed by atoms with Gasteiger partial charge in [0.2, 0.25) is 0 Å². The highest BCUT2D eigenvalue weighted by Crippen LogP contribution is 2.24. The van der Waals surface area contributed by atoms with Crippen LogP contribution in [0.25, 0.3) is 0 Å². The average Bonchev–Trinajstić information content (AvgIpc) is 2.46. The minimum absolute atomic E-state index is 0.129. The summed E-state index contributed by atoms with van der Waals surface area (Å²) in [6, 6.07) is 18.8. The summed E-state index contributed by atoms with van der Waals surface area (Å²) < 4.78 is 5.18. The van der Waals surface area contributed by atoms with E-state index in [1.807, 2.05) is 18.2 Å². The minimum atomic E-state index is 0.129. The van der Waals surface area contributed by atoms with Gasteiger partial charge in [-0.15, -0.1) is 0 Å². The van der Waals surface area contributed by atoms with Crippen LogP contribution in [0.3, 0.4) is 0 Å². The van der Waals surface area contributed by atoms with Crippen molar-refractivity contribution in [1.29, 1.82) is 0 Å². The first kappa shape index (κ1) is 13.6. The number of rotatable bonds is 5. The van der Waals surface area contributed by atoms with Gasteiger partial charge in [0.05, 0.1) is 7.11 Å². The van der Waals surface area contributed by atoms with Crippen molar-refractivity contribution in [3.63, 3.8) is 0 Å². The van der Waals surface area contributed by atoms with E-state index in [0.29, 0.717) is 5.92 Å². The summed E-state index contributed by atoms with van der Waals surface area (Å²) in [7, 11) is 1.68. The minimum Gasteiger partial charge on any atom is -0.497 e. The van der Waals surface area contributed by atoms with Crippen LogP contribution in [0, 0.1) is 0 Å². The number of hydrogen-bond acceptors (Lipinski definition) is 2. The predicted molar refractivity (Wildman–Crippen MR) is 79.5 cm³/mol. The van der Waals surface area contributed by atoms with Crippen LogP contribution in [-0.4, -0.2) is 13.2 Å². The van der Waals surface area contributed by atoms with E-state index in [1.54, 1.807) is 7.11 Å². The fourth-order valence-electron chi connectivity index (χ4n) is 2.32. The highest BCUT2D eigenvalue weighted by atomic mass is 16.5. The second-order valence-electron chi connectivity index (χ2n) is 4.93. The van der Waals surface area contributed by atoms with Gasteiger partial charge in [-0.05, 0) is 36.6 Å². The molecule has 0 saturated carbocycles. The molecule has 0 aliphatic rings. The molecular formula is C17H21NO. The van der Waals surface area contributed by atoms with Crippen LogP contribution in [0.5, 0.6) is 5.75 Å². The Morgan fingerprint density at radius 3 is 2.16 bits per heavy atom. The van der Waals surface area contributed by atoms with E-state index in [1.165, 1.54) is 11.1 Å². The van der Waals surface area contributed by atoms with Gasteiger partial charge in [-0.25, -0.2) is 0 Å². The Labute approximate surface area is 115 Å². The lowest BCUT2D eigenvalue weighted by atomic mass is 9.87. The van der Waals surface area contributed by atoms with Crippen molar-refractivity contribution in [2.45, 2.75) is 25.3 Å². The third-order valence-corrected chi connectivity index (χ3v) is 3.48. The van der Waals surface area contributed by atoms with E-state index in [9.17, 15) is 0 Å². The first-order valence-corrected chi connectivity index (χ1v) is 6.64. The van der Waals surface area contributed by atoms with E-state index < -0.39 is 0 Å². The summed E-state index contributed by atoms with van der Waals surface area (Å²) in [6.45, 7) is 2.07. The fourth-order valence-corrected chi connectivity index (χ4v) is 2.32. The van der Waals surface area contributed by atoms with Gasteiger partial charge in [-0.2, -0.15) is 0 Å². The second-order valence-corrected chi connectivity index (χ2v) is 4.93. The summed E-state index contributed by atoms with van der Waals surface area (Å²) >= 11 is 0. The molecule has 0 aliphatic carbocycles. The highest BCUT2D eigenvalue weighted by molar-refractivity contribution is 5.30. The molecule has 2 heteroatoms. The normalized spacial score (nSPS) is 13.8. The molecule has 2 atom stereocenters. The molecule has 2 nitrogen and oxygen atoms in total. The van der Waals surface area contributed by atoms with Crippen molar-refractivity contribution in [1.82, 2.24) is 0 Å². The topological polar surface area (TPSA) is 35.2 Å². The molecule has 2 rings (SSSR count). The molecule has 0 bridgehead atoms. The highest BCUT2D eigenvalue weighted by Gasteiger charge is 2.16. The lowest BCUT2D eigenvalue weighted by Crippen LogP contribution is -2.26. The molecule has 0 spiro atoms. The van der Waals surface area contributed by atoms with Gasteiger partial charge >= 0.3 is 0 Å². The predicted octanol–water partition coefficient (Wildman–Crippen LogP) is 3.37. The maximum absolute atomic E-state index is 6.15. The van der Waals surface area contributed by atoms with Crippen LogP contribution < -0.4 is 10.5 Å². The van der Waals surface area contributed by atoms with Crippen molar-refractivity contribution in [3.05, 3.63) is 65.7 Å². The Bertz CT molecular complexity index is 490. The second kappa shape index (κ2) is 6.39. The third kappa shape index (κ3) is 3.58. The zero-order chi connectivity index (χ0) is 13.7. The van der Waals surface area contributed by atoms with Crippen LogP contribution in [0.4, 0.5) is 0 Å². The van der Waals surface area contributed by atoms with Gasteiger partial charge in [0.15, 0.2) is 0 Å². The molecular weight excluding hydrogens is 234 g/mol. The standard InChI is InChI=1S/C17H21NO/c1-13(18)17(15-6-4-3-5-7-15)12-14-8-10-16(19-2)11-9-14/h3-11,13,17H,12,18H2,1-2H3/t13-,17+/m0/s1. The monoisotopic (exact) mass is 255 g/mol. The zero-order valence-electron chi connectivity index (χ0n) is 11.5. The van der Waals surface area contributed by atoms with Gasteiger partial charge in [0, 0.05) is 12.0 Å². The maximum Gasteiger partial charge on any atom is 0.118 e. The Hall–Kier alpha value is -1.80. The van der Waals surface area contributed by atoms with E-state index in [2.05, 4.69) is 43.3 Å². The van der Waals surface area contributed by atoms with E-state index in [-0.39, 0.29) is 6.04 Å². The smallest absolute Gasteiger partial charge is 0.118 e. The number of ether oxygens (including phenoxy) is 1. The molecule has 0 heterocycles. The quantitative estimate of drug-likeness (QED) is 0.889. The summed E-state index contributed by atoms with van der Waals surface area (Å²) in [5.74, 6) is 1.23. The molecule has 19 heavy (non-hydrogen) atoms. The Balaban J connectivity index is 2.17. The largest absolute Gasteiger partial charge is 0.497 e. The summed E-state index contributed by atoms with van der Waals surface area (Å²) in [5.41, 5.74) is 8.73. The lowest BCUT2D eigenvalue weighted by molar-refractivity contribution is 0.414. The van der Waals surface area contributed by atoms with Crippen LogP contribution in [-0.2, 0) is 6.42 Å². The van der Waals surface area contributed by atoms with Crippen LogP contribution in [0.2, 0.25) is 0 Å². The molecule has 0 fully saturated rings. The molecule has 0 aliphatic heterocycles. The number of methoxy groups -OCH3 is 1.